The van der Waals surface area contributed by atoms with Gasteiger partial charge in [-0.25, -0.2) is 0 Å². The van der Waals surface area contributed by atoms with Crippen molar-refractivity contribution in [1.29, 1.82) is 0 Å². The Hall–Kier alpha value is -0.330. The van der Waals surface area contributed by atoms with Gasteiger partial charge in [0, 0.05) is 12.3 Å². The first-order valence-electron chi connectivity index (χ1n) is 6.61. The molecule has 3 fully saturated rings. The van der Waals surface area contributed by atoms with Crippen LogP contribution in [0.25, 0.3) is 0 Å². The van der Waals surface area contributed by atoms with Crippen LogP contribution in [0, 0.1) is 35.0 Å². The van der Waals surface area contributed by atoms with Gasteiger partial charge in [0.2, 0.25) is 0 Å². The second-order valence-electron chi connectivity index (χ2n) is 6.47. The quantitative estimate of drug-likeness (QED) is 0.643. The van der Waals surface area contributed by atoms with Crippen LogP contribution < -0.4 is 0 Å². The third-order valence-corrected chi connectivity index (χ3v) is 5.77. The molecule has 3 saturated carbocycles. The third-order valence-electron chi connectivity index (χ3n) is 5.77. The summed E-state index contributed by atoms with van der Waals surface area (Å²) in [4.78, 5) is 11.9. The van der Waals surface area contributed by atoms with Gasteiger partial charge in [-0.2, -0.15) is 0 Å². The maximum atomic E-state index is 11.9. The van der Waals surface area contributed by atoms with Crippen molar-refractivity contribution in [3.05, 3.63) is 0 Å². The fourth-order valence-electron chi connectivity index (χ4n) is 4.97. The molecule has 0 saturated heterocycles. The monoisotopic (exact) mass is 206 g/mol. The molecule has 0 heterocycles. The molecule has 84 valence electrons. The van der Waals surface area contributed by atoms with Crippen LogP contribution in [0.1, 0.15) is 46.5 Å². The summed E-state index contributed by atoms with van der Waals surface area (Å²) in [5.41, 5.74) is 0.490. The van der Waals surface area contributed by atoms with Gasteiger partial charge in [-0.3, -0.25) is 4.79 Å². The van der Waals surface area contributed by atoms with Crippen molar-refractivity contribution in [3.63, 3.8) is 0 Å². The predicted octanol–water partition coefficient (Wildman–Crippen LogP) is 3.28. The first-order chi connectivity index (χ1) is 7.09. The van der Waals surface area contributed by atoms with Crippen LogP contribution in [0.2, 0.25) is 0 Å². The van der Waals surface area contributed by atoms with Crippen molar-refractivity contribution in [2.45, 2.75) is 46.5 Å². The van der Waals surface area contributed by atoms with Crippen LogP contribution in [0.3, 0.4) is 0 Å². The number of carbonyl (C=O) groups is 1. The lowest BCUT2D eigenvalue weighted by Gasteiger charge is -2.35. The van der Waals surface area contributed by atoms with Crippen molar-refractivity contribution < 1.29 is 4.79 Å². The minimum Gasteiger partial charge on any atom is -0.299 e. The van der Waals surface area contributed by atoms with Crippen molar-refractivity contribution >= 4 is 5.78 Å². The number of hydrogen-bond acceptors (Lipinski definition) is 1. The SMILES string of the molecule is CC(C)C1CC[C@@H](C)[C@@]23CCC(=O)C2[C@@H]13. The van der Waals surface area contributed by atoms with Gasteiger partial charge in [-0.05, 0) is 48.3 Å². The summed E-state index contributed by atoms with van der Waals surface area (Å²) < 4.78 is 0. The summed E-state index contributed by atoms with van der Waals surface area (Å²) in [6, 6.07) is 0. The second kappa shape index (κ2) is 2.87. The van der Waals surface area contributed by atoms with E-state index in [0.717, 1.165) is 30.1 Å². The summed E-state index contributed by atoms with van der Waals surface area (Å²) >= 11 is 0. The second-order valence-corrected chi connectivity index (χ2v) is 6.47. The summed E-state index contributed by atoms with van der Waals surface area (Å²) in [5, 5.41) is 0. The summed E-state index contributed by atoms with van der Waals surface area (Å²) in [7, 11) is 0. The van der Waals surface area contributed by atoms with Crippen LogP contribution in [0.15, 0.2) is 0 Å². The Morgan fingerprint density at radius 3 is 2.73 bits per heavy atom. The lowest BCUT2D eigenvalue weighted by atomic mass is 9.70. The topological polar surface area (TPSA) is 17.1 Å². The Balaban J connectivity index is 1.91. The molecule has 3 aliphatic carbocycles. The highest BCUT2D eigenvalue weighted by Crippen LogP contribution is 2.76. The van der Waals surface area contributed by atoms with Crippen LogP contribution in [-0.2, 0) is 4.79 Å². The van der Waals surface area contributed by atoms with Gasteiger partial charge < -0.3 is 0 Å². The number of carbonyl (C=O) groups excluding carboxylic acids is 1. The average molecular weight is 206 g/mol. The molecule has 1 nitrogen and oxygen atoms in total. The highest BCUT2D eigenvalue weighted by molar-refractivity contribution is 5.88. The minimum absolute atomic E-state index is 0.488. The van der Waals surface area contributed by atoms with Crippen LogP contribution in [0.4, 0.5) is 0 Å². The van der Waals surface area contributed by atoms with Crippen molar-refractivity contribution in [2.24, 2.45) is 35.0 Å². The smallest absolute Gasteiger partial charge is 0.136 e. The zero-order valence-electron chi connectivity index (χ0n) is 10.1. The number of rotatable bonds is 1. The number of Topliss-reactive ketones (excluding diaryl/α,β-unsaturated/α-hetero) is 1. The molecule has 1 spiro atoms. The maximum absolute atomic E-state index is 11.9. The molecule has 2 unspecified atom stereocenters. The highest BCUT2D eigenvalue weighted by Gasteiger charge is 2.75. The molecule has 1 heteroatoms. The third kappa shape index (κ3) is 1.02. The van der Waals surface area contributed by atoms with Crippen molar-refractivity contribution in [3.8, 4) is 0 Å². The van der Waals surface area contributed by atoms with E-state index in [1.54, 1.807) is 0 Å². The molecule has 3 rings (SSSR count). The zero-order valence-corrected chi connectivity index (χ0v) is 10.1. The fraction of sp³-hybridized carbons (Fsp3) is 0.929. The van der Waals surface area contributed by atoms with E-state index >= 15 is 0 Å². The highest BCUT2D eigenvalue weighted by atomic mass is 16.1. The summed E-state index contributed by atoms with van der Waals surface area (Å²) in [6.07, 6.45) is 4.83. The van der Waals surface area contributed by atoms with Gasteiger partial charge in [-0.15, -0.1) is 0 Å². The molecule has 0 aliphatic heterocycles. The number of fused-ring (bicyclic) bond motifs is 1. The molecule has 0 radical (unpaired) electrons. The molecule has 0 aromatic heterocycles. The molecule has 5 atom stereocenters. The number of ketones is 1. The van der Waals surface area contributed by atoms with Gasteiger partial charge >= 0.3 is 0 Å². The first-order valence-corrected chi connectivity index (χ1v) is 6.61. The molecule has 0 bridgehead atoms. The van der Waals surface area contributed by atoms with E-state index in [2.05, 4.69) is 20.8 Å². The summed E-state index contributed by atoms with van der Waals surface area (Å²) in [6.45, 7) is 7.07. The lowest BCUT2D eigenvalue weighted by molar-refractivity contribution is -0.119. The predicted molar refractivity (Wildman–Crippen MR) is 60.4 cm³/mol. The van der Waals surface area contributed by atoms with E-state index in [4.69, 9.17) is 0 Å². The lowest BCUT2D eigenvalue weighted by Crippen LogP contribution is -2.27. The molecule has 0 aromatic carbocycles. The number of hydrogen-bond donors (Lipinski definition) is 0. The van der Waals surface area contributed by atoms with Gasteiger partial charge in [0.15, 0.2) is 0 Å². The Bertz CT molecular complexity index is 306. The van der Waals surface area contributed by atoms with Crippen LogP contribution >= 0.6 is 0 Å². The van der Waals surface area contributed by atoms with Gasteiger partial charge in [0.05, 0.1) is 0 Å². The first kappa shape index (κ1) is 9.86. The van der Waals surface area contributed by atoms with Crippen LogP contribution in [-0.4, -0.2) is 5.78 Å². The van der Waals surface area contributed by atoms with E-state index in [9.17, 15) is 4.79 Å². The standard InChI is InChI=1S/C14H22O/c1-8(2)10-5-4-9(3)14-7-6-11(15)13(14)12(10)14/h8-10,12-13H,4-7H2,1-3H3/t9-,10?,12-,13?,14-/m1/s1. The molecular formula is C14H22O. The molecule has 15 heavy (non-hydrogen) atoms. The van der Waals surface area contributed by atoms with Gasteiger partial charge in [-0.1, -0.05) is 20.8 Å². The van der Waals surface area contributed by atoms with E-state index in [0.29, 0.717) is 17.1 Å². The Morgan fingerprint density at radius 1 is 1.33 bits per heavy atom. The van der Waals surface area contributed by atoms with E-state index in [1.165, 1.54) is 19.3 Å². The molecular weight excluding hydrogens is 184 g/mol. The van der Waals surface area contributed by atoms with E-state index < -0.39 is 0 Å². The maximum Gasteiger partial charge on any atom is 0.136 e. The normalized spacial score (nSPS) is 52.9. The molecule has 3 aliphatic rings. The Morgan fingerprint density at radius 2 is 2.07 bits per heavy atom. The fourth-order valence-corrected chi connectivity index (χ4v) is 4.97. The van der Waals surface area contributed by atoms with Crippen molar-refractivity contribution in [2.75, 3.05) is 0 Å². The molecule has 0 aromatic rings. The molecule has 0 N–H and O–H groups in total. The van der Waals surface area contributed by atoms with E-state index in [-0.39, 0.29) is 0 Å². The Labute approximate surface area is 92.6 Å². The minimum atomic E-state index is 0.488. The van der Waals surface area contributed by atoms with Gasteiger partial charge in [0.25, 0.3) is 0 Å². The van der Waals surface area contributed by atoms with Crippen LogP contribution in [0.5, 0.6) is 0 Å². The largest absolute Gasteiger partial charge is 0.299 e. The summed E-state index contributed by atoms with van der Waals surface area (Å²) in [5.74, 6) is 4.30. The Kier molecular flexibility index (Phi) is 1.88. The zero-order chi connectivity index (χ0) is 10.8. The van der Waals surface area contributed by atoms with Gasteiger partial charge in [0.1, 0.15) is 5.78 Å². The van der Waals surface area contributed by atoms with Crippen molar-refractivity contribution in [1.82, 2.24) is 0 Å². The molecule has 0 amide bonds. The average Bonchev–Trinajstić information content (AvgIpc) is 2.75. The van der Waals surface area contributed by atoms with E-state index in [1.807, 2.05) is 0 Å².